The minimum atomic E-state index is -0.197. The van der Waals surface area contributed by atoms with Crippen molar-refractivity contribution < 1.29 is 4.39 Å². The van der Waals surface area contributed by atoms with Crippen molar-refractivity contribution in [2.45, 2.75) is 32.4 Å². The lowest BCUT2D eigenvalue weighted by Crippen LogP contribution is -2.22. The molecule has 0 radical (unpaired) electrons. The van der Waals surface area contributed by atoms with Gasteiger partial charge in [0.05, 0.1) is 0 Å². The van der Waals surface area contributed by atoms with E-state index in [0.29, 0.717) is 12.0 Å². The van der Waals surface area contributed by atoms with Gasteiger partial charge in [-0.3, -0.25) is 0 Å². The highest BCUT2D eigenvalue weighted by molar-refractivity contribution is 5.22. The Morgan fingerprint density at radius 2 is 2.05 bits per heavy atom. The summed E-state index contributed by atoms with van der Waals surface area (Å²) >= 11 is 0. The van der Waals surface area contributed by atoms with Gasteiger partial charge in [-0.2, -0.15) is 5.10 Å². The average Bonchev–Trinajstić information content (AvgIpc) is 2.85. The molecule has 1 heterocycles. The number of hydrogen-bond acceptors (Lipinski definition) is 3. The van der Waals surface area contributed by atoms with Crippen LogP contribution >= 0.6 is 0 Å². The van der Waals surface area contributed by atoms with Gasteiger partial charge in [-0.15, -0.1) is 0 Å². The Labute approximate surface area is 112 Å². The molecule has 1 N–H and O–H groups in total. The maximum absolute atomic E-state index is 13.8. The fourth-order valence-electron chi connectivity index (χ4n) is 2.16. The molecule has 5 heteroatoms. The first-order valence-electron chi connectivity index (χ1n) is 6.43. The van der Waals surface area contributed by atoms with E-state index in [1.54, 1.807) is 18.5 Å². The number of aromatic nitrogens is 3. The summed E-state index contributed by atoms with van der Waals surface area (Å²) in [6.45, 7) is 4.10. The topological polar surface area (TPSA) is 42.7 Å². The zero-order valence-electron chi connectivity index (χ0n) is 11.5. The molecule has 0 aliphatic carbocycles. The third kappa shape index (κ3) is 2.98. The van der Waals surface area contributed by atoms with Crippen LogP contribution in [0.4, 0.5) is 4.39 Å². The molecular formula is C14H19FN4. The van der Waals surface area contributed by atoms with Crippen LogP contribution in [-0.4, -0.2) is 21.8 Å². The monoisotopic (exact) mass is 262 g/mol. The number of likely N-dealkylation sites (N-methyl/N-ethyl adjacent to an activating group) is 1. The van der Waals surface area contributed by atoms with Crippen LogP contribution < -0.4 is 5.32 Å². The largest absolute Gasteiger partial charge is 0.313 e. The van der Waals surface area contributed by atoms with Crippen LogP contribution in [0, 0.1) is 5.82 Å². The van der Waals surface area contributed by atoms with E-state index in [1.807, 2.05) is 17.8 Å². The van der Waals surface area contributed by atoms with E-state index in [9.17, 15) is 4.39 Å². The molecule has 0 saturated heterocycles. The van der Waals surface area contributed by atoms with Crippen LogP contribution in [0.5, 0.6) is 0 Å². The summed E-state index contributed by atoms with van der Waals surface area (Å²) in [4.78, 5) is 4.27. The van der Waals surface area contributed by atoms with Crippen molar-refractivity contribution in [1.29, 1.82) is 0 Å². The second-order valence-corrected chi connectivity index (χ2v) is 4.78. The molecule has 1 unspecified atom stereocenters. The Morgan fingerprint density at radius 1 is 1.32 bits per heavy atom. The summed E-state index contributed by atoms with van der Waals surface area (Å²) in [6, 6.07) is 6.95. The van der Waals surface area contributed by atoms with E-state index in [2.05, 4.69) is 29.2 Å². The Balaban J connectivity index is 2.25. The molecule has 0 aliphatic rings. The number of rotatable bonds is 5. The molecule has 0 spiro atoms. The SMILES string of the molecule is CNC(Cc1ncnn1C(C)C)c1ccccc1F. The average molecular weight is 262 g/mol. The van der Waals surface area contributed by atoms with Crippen molar-refractivity contribution in [1.82, 2.24) is 20.1 Å². The molecule has 4 nitrogen and oxygen atoms in total. The number of nitrogens with zero attached hydrogens (tertiary/aromatic N) is 3. The molecule has 1 aromatic carbocycles. The zero-order valence-corrected chi connectivity index (χ0v) is 11.5. The summed E-state index contributed by atoms with van der Waals surface area (Å²) in [5.41, 5.74) is 0.656. The second-order valence-electron chi connectivity index (χ2n) is 4.78. The molecule has 19 heavy (non-hydrogen) atoms. The molecule has 2 rings (SSSR count). The predicted octanol–water partition coefficient (Wildman–Crippen LogP) is 2.50. The molecule has 2 aromatic rings. The van der Waals surface area contributed by atoms with Gasteiger partial charge in [-0.25, -0.2) is 14.1 Å². The van der Waals surface area contributed by atoms with Crippen molar-refractivity contribution in [3.63, 3.8) is 0 Å². The Hall–Kier alpha value is -1.75. The molecule has 0 amide bonds. The quantitative estimate of drug-likeness (QED) is 0.900. The Kier molecular flexibility index (Phi) is 4.27. The third-order valence-electron chi connectivity index (χ3n) is 3.15. The number of halogens is 1. The normalized spacial score (nSPS) is 12.9. The molecule has 0 bridgehead atoms. The lowest BCUT2D eigenvalue weighted by Gasteiger charge is -2.18. The molecular weight excluding hydrogens is 243 g/mol. The van der Waals surface area contributed by atoms with Crippen molar-refractivity contribution >= 4 is 0 Å². The minimum absolute atomic E-state index is 0.108. The first-order chi connectivity index (χ1) is 9.13. The zero-order chi connectivity index (χ0) is 13.8. The Morgan fingerprint density at radius 3 is 2.68 bits per heavy atom. The highest BCUT2D eigenvalue weighted by atomic mass is 19.1. The summed E-state index contributed by atoms with van der Waals surface area (Å²) in [5.74, 6) is 0.662. The van der Waals surface area contributed by atoms with Crippen LogP contribution in [0.15, 0.2) is 30.6 Å². The second kappa shape index (κ2) is 5.93. The maximum atomic E-state index is 13.8. The fourth-order valence-corrected chi connectivity index (χ4v) is 2.16. The smallest absolute Gasteiger partial charge is 0.138 e. The highest BCUT2D eigenvalue weighted by Crippen LogP contribution is 2.20. The van der Waals surface area contributed by atoms with Gasteiger partial charge in [0, 0.05) is 24.1 Å². The first-order valence-corrected chi connectivity index (χ1v) is 6.43. The van der Waals surface area contributed by atoms with Gasteiger partial charge >= 0.3 is 0 Å². The van der Waals surface area contributed by atoms with Crippen molar-refractivity contribution in [2.24, 2.45) is 0 Å². The highest BCUT2D eigenvalue weighted by Gasteiger charge is 2.18. The summed E-state index contributed by atoms with van der Waals surface area (Å²) in [6.07, 6.45) is 2.15. The van der Waals surface area contributed by atoms with Gasteiger partial charge in [0.1, 0.15) is 18.0 Å². The maximum Gasteiger partial charge on any atom is 0.138 e. The molecule has 102 valence electrons. The fraction of sp³-hybridized carbons (Fsp3) is 0.429. The molecule has 0 fully saturated rings. The summed E-state index contributed by atoms with van der Waals surface area (Å²) < 4.78 is 15.7. The van der Waals surface area contributed by atoms with Crippen molar-refractivity contribution in [2.75, 3.05) is 7.05 Å². The van der Waals surface area contributed by atoms with Crippen LogP contribution in [0.2, 0.25) is 0 Å². The van der Waals surface area contributed by atoms with E-state index in [1.165, 1.54) is 6.07 Å². The van der Waals surface area contributed by atoms with Gasteiger partial charge in [-0.1, -0.05) is 18.2 Å². The third-order valence-corrected chi connectivity index (χ3v) is 3.15. The molecule has 0 saturated carbocycles. The predicted molar refractivity (Wildman–Crippen MR) is 72.3 cm³/mol. The number of nitrogens with one attached hydrogen (secondary N) is 1. The molecule has 1 atom stereocenters. The lowest BCUT2D eigenvalue weighted by molar-refractivity contribution is 0.468. The minimum Gasteiger partial charge on any atom is -0.313 e. The van der Waals surface area contributed by atoms with E-state index in [0.717, 1.165) is 5.82 Å². The first kappa shape index (κ1) is 13.7. The van der Waals surface area contributed by atoms with Gasteiger partial charge in [0.15, 0.2) is 0 Å². The van der Waals surface area contributed by atoms with Gasteiger partial charge < -0.3 is 5.32 Å². The number of hydrogen-bond donors (Lipinski definition) is 1. The van der Waals surface area contributed by atoms with Gasteiger partial charge in [0.25, 0.3) is 0 Å². The van der Waals surface area contributed by atoms with E-state index >= 15 is 0 Å². The van der Waals surface area contributed by atoms with E-state index in [-0.39, 0.29) is 17.9 Å². The standard InChI is InChI=1S/C14H19FN4/c1-10(2)19-14(17-9-18-19)8-13(16-3)11-6-4-5-7-12(11)15/h4-7,9-10,13,16H,8H2,1-3H3. The van der Waals surface area contributed by atoms with Crippen molar-refractivity contribution in [3.05, 3.63) is 47.8 Å². The summed E-state index contributed by atoms with van der Waals surface area (Å²) in [5, 5.41) is 7.35. The van der Waals surface area contributed by atoms with E-state index in [4.69, 9.17) is 0 Å². The van der Waals surface area contributed by atoms with Crippen LogP contribution in [0.1, 0.15) is 37.3 Å². The summed E-state index contributed by atoms with van der Waals surface area (Å²) in [7, 11) is 1.83. The van der Waals surface area contributed by atoms with Gasteiger partial charge in [-0.05, 0) is 27.0 Å². The van der Waals surface area contributed by atoms with E-state index < -0.39 is 0 Å². The van der Waals surface area contributed by atoms with Crippen LogP contribution in [-0.2, 0) is 6.42 Å². The lowest BCUT2D eigenvalue weighted by atomic mass is 10.0. The van der Waals surface area contributed by atoms with Gasteiger partial charge in [0.2, 0.25) is 0 Å². The number of benzene rings is 1. The molecule has 0 aliphatic heterocycles. The van der Waals surface area contributed by atoms with Crippen molar-refractivity contribution in [3.8, 4) is 0 Å². The Bertz CT molecular complexity index is 536. The molecule has 1 aromatic heterocycles. The van der Waals surface area contributed by atoms with Crippen LogP contribution in [0.25, 0.3) is 0 Å². The van der Waals surface area contributed by atoms with Crippen LogP contribution in [0.3, 0.4) is 0 Å².